The molecular formula is C9H11IN2. The molecule has 0 aliphatic carbocycles. The van der Waals surface area contributed by atoms with Gasteiger partial charge in [0.1, 0.15) is 5.49 Å². The molecule has 2 nitrogen and oxygen atoms in total. The van der Waals surface area contributed by atoms with Crippen molar-refractivity contribution >= 4 is 28.7 Å². The Kier molecular flexibility index (Phi) is 1.98. The van der Waals surface area contributed by atoms with E-state index in [2.05, 4.69) is 52.5 Å². The van der Waals surface area contributed by atoms with Crippen LogP contribution in [0.3, 0.4) is 0 Å². The molecular weight excluding hydrogens is 263 g/mol. The number of aromatic amines is 1. The molecule has 1 N–H and O–H groups in total. The van der Waals surface area contributed by atoms with E-state index in [0.717, 1.165) is 11.9 Å². The van der Waals surface area contributed by atoms with E-state index in [1.54, 1.807) is 0 Å². The van der Waals surface area contributed by atoms with Gasteiger partial charge in [-0.3, -0.25) is 4.99 Å². The van der Waals surface area contributed by atoms with Crippen molar-refractivity contribution in [1.82, 2.24) is 4.98 Å². The zero-order chi connectivity index (χ0) is 8.72. The van der Waals surface area contributed by atoms with Crippen LogP contribution in [0.15, 0.2) is 4.99 Å². The molecule has 1 atom stereocenters. The van der Waals surface area contributed by atoms with Gasteiger partial charge in [0.25, 0.3) is 0 Å². The molecule has 0 amide bonds. The SMILES string of the molecule is Cc1[nH]c2c(c1I)=CCC(C)N=2. The molecule has 0 radical (unpaired) electrons. The van der Waals surface area contributed by atoms with Crippen molar-refractivity contribution in [2.24, 2.45) is 4.99 Å². The summed E-state index contributed by atoms with van der Waals surface area (Å²) in [6.45, 7) is 4.23. The minimum atomic E-state index is 0.436. The Hall–Kier alpha value is -0.320. The first-order chi connectivity index (χ1) is 5.68. The predicted molar refractivity (Wildman–Crippen MR) is 57.6 cm³/mol. The number of hydrogen-bond acceptors (Lipinski definition) is 1. The summed E-state index contributed by atoms with van der Waals surface area (Å²) in [7, 11) is 0. The van der Waals surface area contributed by atoms with Crippen LogP contribution in [0, 0.1) is 10.5 Å². The van der Waals surface area contributed by atoms with Gasteiger partial charge in [0.05, 0.1) is 6.04 Å². The van der Waals surface area contributed by atoms with Gasteiger partial charge in [0.15, 0.2) is 0 Å². The number of nitrogens with one attached hydrogen (secondary N) is 1. The summed E-state index contributed by atoms with van der Waals surface area (Å²) in [5, 5.41) is 1.30. The Balaban J connectivity index is 2.79. The highest BCUT2D eigenvalue weighted by Gasteiger charge is 2.07. The van der Waals surface area contributed by atoms with E-state index in [1.807, 2.05) is 0 Å². The van der Waals surface area contributed by atoms with E-state index in [0.29, 0.717) is 6.04 Å². The Labute approximate surface area is 84.9 Å². The lowest BCUT2D eigenvalue weighted by molar-refractivity contribution is 0.729. The van der Waals surface area contributed by atoms with Gasteiger partial charge in [-0.25, -0.2) is 0 Å². The molecule has 1 aliphatic rings. The fraction of sp³-hybridized carbons (Fsp3) is 0.444. The van der Waals surface area contributed by atoms with Crippen molar-refractivity contribution in [3.05, 3.63) is 20.0 Å². The van der Waals surface area contributed by atoms with Gasteiger partial charge >= 0.3 is 0 Å². The van der Waals surface area contributed by atoms with E-state index in [-0.39, 0.29) is 0 Å². The molecule has 3 heteroatoms. The highest BCUT2D eigenvalue weighted by molar-refractivity contribution is 14.1. The van der Waals surface area contributed by atoms with Crippen molar-refractivity contribution in [3.8, 4) is 0 Å². The van der Waals surface area contributed by atoms with E-state index < -0.39 is 0 Å². The molecule has 0 bridgehead atoms. The summed E-state index contributed by atoms with van der Waals surface area (Å²) in [6, 6.07) is 0.436. The number of halogens is 1. The maximum Gasteiger partial charge on any atom is 0.133 e. The van der Waals surface area contributed by atoms with E-state index in [4.69, 9.17) is 0 Å². The fourth-order valence-electron chi connectivity index (χ4n) is 1.46. The molecule has 64 valence electrons. The first kappa shape index (κ1) is 8.29. The van der Waals surface area contributed by atoms with Crippen LogP contribution in [0.4, 0.5) is 0 Å². The maximum absolute atomic E-state index is 4.54. The van der Waals surface area contributed by atoms with Gasteiger partial charge in [-0.05, 0) is 42.9 Å². The van der Waals surface area contributed by atoms with Crippen molar-refractivity contribution in [1.29, 1.82) is 0 Å². The maximum atomic E-state index is 4.54. The van der Waals surface area contributed by atoms with Crippen LogP contribution in [-0.4, -0.2) is 11.0 Å². The summed E-state index contributed by atoms with van der Waals surface area (Å²) in [4.78, 5) is 7.83. The number of fused-ring (bicyclic) bond motifs is 1. The molecule has 1 aliphatic heterocycles. The van der Waals surface area contributed by atoms with Crippen molar-refractivity contribution in [2.45, 2.75) is 26.3 Å². The monoisotopic (exact) mass is 274 g/mol. The summed E-state index contributed by atoms with van der Waals surface area (Å²) in [5.41, 5.74) is 2.30. The van der Waals surface area contributed by atoms with Gasteiger partial charge in [-0.1, -0.05) is 6.08 Å². The fourth-order valence-corrected chi connectivity index (χ4v) is 2.07. The average molecular weight is 274 g/mol. The van der Waals surface area contributed by atoms with E-state index in [1.165, 1.54) is 14.5 Å². The van der Waals surface area contributed by atoms with Gasteiger partial charge in [0.2, 0.25) is 0 Å². The Morgan fingerprint density at radius 3 is 3.17 bits per heavy atom. The van der Waals surface area contributed by atoms with Gasteiger partial charge in [-0.15, -0.1) is 0 Å². The molecule has 1 aromatic heterocycles. The van der Waals surface area contributed by atoms with E-state index in [9.17, 15) is 0 Å². The Morgan fingerprint density at radius 2 is 2.42 bits per heavy atom. The number of H-pyrrole nitrogens is 1. The van der Waals surface area contributed by atoms with Crippen LogP contribution in [0.2, 0.25) is 0 Å². The zero-order valence-corrected chi connectivity index (χ0v) is 9.34. The molecule has 12 heavy (non-hydrogen) atoms. The molecule has 1 aromatic rings. The lowest BCUT2D eigenvalue weighted by Crippen LogP contribution is -2.30. The lowest BCUT2D eigenvalue weighted by Gasteiger charge is -2.03. The molecule has 0 saturated carbocycles. The third-order valence-electron chi connectivity index (χ3n) is 2.14. The van der Waals surface area contributed by atoms with E-state index >= 15 is 0 Å². The van der Waals surface area contributed by atoms with Gasteiger partial charge < -0.3 is 4.98 Å². The largest absolute Gasteiger partial charge is 0.343 e. The molecule has 0 fully saturated rings. The number of hydrogen-bond donors (Lipinski definition) is 1. The topological polar surface area (TPSA) is 28.1 Å². The van der Waals surface area contributed by atoms with Crippen molar-refractivity contribution in [3.63, 3.8) is 0 Å². The zero-order valence-electron chi connectivity index (χ0n) is 7.19. The van der Waals surface area contributed by atoms with Crippen molar-refractivity contribution in [2.75, 3.05) is 0 Å². The van der Waals surface area contributed by atoms with Gasteiger partial charge in [0, 0.05) is 14.5 Å². The summed E-state index contributed by atoms with van der Waals surface area (Å²) < 4.78 is 1.32. The van der Waals surface area contributed by atoms with Crippen LogP contribution in [0.25, 0.3) is 6.08 Å². The van der Waals surface area contributed by atoms with Crippen LogP contribution < -0.4 is 10.7 Å². The smallest absolute Gasteiger partial charge is 0.133 e. The minimum Gasteiger partial charge on any atom is -0.343 e. The highest BCUT2D eigenvalue weighted by atomic mass is 127. The molecule has 0 saturated heterocycles. The molecule has 0 spiro atoms. The third-order valence-corrected chi connectivity index (χ3v) is 3.53. The Bertz CT molecular complexity index is 416. The number of rotatable bonds is 0. The number of nitrogens with zero attached hydrogens (tertiary/aromatic N) is 1. The summed E-state index contributed by atoms with van der Waals surface area (Å²) in [5.74, 6) is 0. The number of aryl methyl sites for hydroxylation is 1. The third kappa shape index (κ3) is 1.20. The average Bonchev–Trinajstić information content (AvgIpc) is 2.28. The quantitative estimate of drug-likeness (QED) is 0.687. The number of aromatic nitrogens is 1. The Morgan fingerprint density at radius 1 is 1.67 bits per heavy atom. The molecule has 0 aromatic carbocycles. The highest BCUT2D eigenvalue weighted by Crippen LogP contribution is 2.05. The minimum absolute atomic E-state index is 0.436. The predicted octanol–water partition coefficient (Wildman–Crippen LogP) is 1.12. The molecule has 1 unspecified atom stereocenters. The summed E-state index contributed by atoms with van der Waals surface area (Å²) in [6.07, 6.45) is 3.35. The normalized spacial score (nSPS) is 21.1. The lowest BCUT2D eigenvalue weighted by atomic mass is 10.2. The second kappa shape index (κ2) is 2.87. The molecule has 2 heterocycles. The van der Waals surface area contributed by atoms with Crippen LogP contribution >= 0.6 is 22.6 Å². The second-order valence-corrected chi connectivity index (χ2v) is 4.32. The first-order valence-electron chi connectivity index (χ1n) is 4.10. The standard InChI is InChI=1S/C9H11IN2/c1-5-3-4-7-8(10)6(2)12-9(7)11-5/h4-5H,3H2,1-2H3,(H,11,12). The van der Waals surface area contributed by atoms with Crippen molar-refractivity contribution < 1.29 is 0 Å². The summed E-state index contributed by atoms with van der Waals surface area (Å²) >= 11 is 2.37. The second-order valence-electron chi connectivity index (χ2n) is 3.24. The first-order valence-corrected chi connectivity index (χ1v) is 5.18. The van der Waals surface area contributed by atoms with Crippen LogP contribution in [0.5, 0.6) is 0 Å². The van der Waals surface area contributed by atoms with Crippen LogP contribution in [-0.2, 0) is 0 Å². The van der Waals surface area contributed by atoms with Gasteiger partial charge in [-0.2, -0.15) is 0 Å². The molecule has 2 rings (SSSR count). The van der Waals surface area contributed by atoms with Crippen LogP contribution in [0.1, 0.15) is 19.0 Å².